The minimum atomic E-state index is -0.344. The van der Waals surface area contributed by atoms with E-state index in [2.05, 4.69) is 16.8 Å². The van der Waals surface area contributed by atoms with Crippen molar-refractivity contribution in [2.75, 3.05) is 4.90 Å². The van der Waals surface area contributed by atoms with Crippen molar-refractivity contribution in [3.8, 4) is 11.8 Å². The van der Waals surface area contributed by atoms with Gasteiger partial charge in [-0.2, -0.15) is 0 Å². The number of imidazole rings is 1. The molecular formula is C24H23ClN6S. The average Bonchev–Trinajstić information content (AvgIpc) is 3.27. The zero-order valence-electron chi connectivity index (χ0n) is 18.3. The van der Waals surface area contributed by atoms with Crippen molar-refractivity contribution in [3.05, 3.63) is 69.1 Å². The molecule has 2 aromatic heterocycles. The van der Waals surface area contributed by atoms with Crippen LogP contribution in [0.15, 0.2) is 41.8 Å². The Morgan fingerprint density at radius 3 is 2.56 bits per heavy atom. The molecule has 0 aliphatic carbocycles. The first-order chi connectivity index (χ1) is 15.3. The number of nitrogens with one attached hydrogen (secondary N) is 2. The van der Waals surface area contributed by atoms with Gasteiger partial charge in [-0.05, 0) is 49.8 Å². The molecule has 0 spiro atoms. The SMILES string of the molecule is CC[C@@H]1N=C(c2ccc(Cl)cc2)c2c(sc(C#Cc3cncn3C)c2C)N(C(C)=N)C1=N. The summed E-state index contributed by atoms with van der Waals surface area (Å²) in [4.78, 5) is 11.7. The number of rotatable bonds is 2. The molecule has 1 aromatic carbocycles. The molecule has 0 fully saturated rings. The molecule has 162 valence electrons. The third-order valence-corrected chi connectivity index (χ3v) is 6.81. The number of aromatic nitrogens is 2. The van der Waals surface area contributed by atoms with Crippen LogP contribution in [0, 0.1) is 29.6 Å². The maximum atomic E-state index is 8.83. The molecular weight excluding hydrogens is 440 g/mol. The van der Waals surface area contributed by atoms with Crippen LogP contribution < -0.4 is 4.90 Å². The lowest BCUT2D eigenvalue weighted by atomic mass is 9.99. The Labute approximate surface area is 196 Å². The largest absolute Gasteiger partial charge is 0.327 e. The Morgan fingerprint density at radius 2 is 1.97 bits per heavy atom. The van der Waals surface area contributed by atoms with Gasteiger partial charge < -0.3 is 4.57 Å². The van der Waals surface area contributed by atoms with Crippen molar-refractivity contribution in [2.24, 2.45) is 12.0 Å². The fourth-order valence-corrected chi connectivity index (χ4v) is 4.99. The molecule has 8 heteroatoms. The topological polar surface area (TPSA) is 81.1 Å². The highest BCUT2D eigenvalue weighted by Gasteiger charge is 2.33. The first-order valence-electron chi connectivity index (χ1n) is 10.2. The summed E-state index contributed by atoms with van der Waals surface area (Å²) in [6, 6.07) is 7.25. The van der Waals surface area contributed by atoms with Gasteiger partial charge in [-0.15, -0.1) is 11.3 Å². The lowest BCUT2D eigenvalue weighted by Crippen LogP contribution is -2.39. The zero-order chi connectivity index (χ0) is 23.0. The summed E-state index contributed by atoms with van der Waals surface area (Å²) >= 11 is 7.62. The van der Waals surface area contributed by atoms with E-state index in [4.69, 9.17) is 27.4 Å². The van der Waals surface area contributed by atoms with Crippen LogP contribution in [-0.4, -0.2) is 33.0 Å². The maximum Gasteiger partial charge on any atom is 0.132 e. The molecule has 0 amide bonds. The molecule has 0 saturated heterocycles. The number of aliphatic imine (C=N–C) groups is 1. The molecule has 1 aliphatic rings. The molecule has 0 bridgehead atoms. The monoisotopic (exact) mass is 462 g/mol. The molecule has 2 N–H and O–H groups in total. The van der Waals surface area contributed by atoms with Crippen LogP contribution in [0.2, 0.25) is 5.02 Å². The minimum Gasteiger partial charge on any atom is -0.327 e. The highest BCUT2D eigenvalue weighted by Crippen LogP contribution is 2.40. The Kier molecular flexibility index (Phi) is 6.00. The van der Waals surface area contributed by atoms with E-state index in [0.717, 1.165) is 38.0 Å². The van der Waals surface area contributed by atoms with Gasteiger partial charge in [0.2, 0.25) is 0 Å². The number of aryl methyl sites for hydroxylation is 1. The van der Waals surface area contributed by atoms with Crippen LogP contribution in [0.5, 0.6) is 0 Å². The van der Waals surface area contributed by atoms with Crippen molar-refractivity contribution in [1.29, 1.82) is 10.8 Å². The average molecular weight is 463 g/mol. The van der Waals surface area contributed by atoms with Crippen molar-refractivity contribution in [3.63, 3.8) is 0 Å². The molecule has 6 nitrogen and oxygen atoms in total. The number of benzene rings is 1. The Hall–Kier alpha value is -3.21. The van der Waals surface area contributed by atoms with Crippen molar-refractivity contribution in [1.82, 2.24) is 9.55 Å². The molecule has 32 heavy (non-hydrogen) atoms. The van der Waals surface area contributed by atoms with Crippen LogP contribution in [0.1, 0.15) is 47.5 Å². The number of anilines is 1. The van der Waals surface area contributed by atoms with Crippen LogP contribution >= 0.6 is 22.9 Å². The molecule has 0 saturated carbocycles. The Bertz CT molecular complexity index is 1300. The molecule has 4 rings (SSSR count). The summed E-state index contributed by atoms with van der Waals surface area (Å²) in [5.41, 5.74) is 4.46. The lowest BCUT2D eigenvalue weighted by molar-refractivity contribution is 0.810. The van der Waals surface area contributed by atoms with Crippen LogP contribution in [0.4, 0.5) is 5.00 Å². The second kappa shape index (κ2) is 8.73. The summed E-state index contributed by atoms with van der Waals surface area (Å²) in [5.74, 6) is 7.06. The van der Waals surface area contributed by atoms with E-state index in [0.29, 0.717) is 17.3 Å². The number of halogens is 1. The first kappa shape index (κ1) is 22.0. The Morgan fingerprint density at radius 1 is 1.25 bits per heavy atom. The van der Waals surface area contributed by atoms with Gasteiger partial charge in [-0.1, -0.05) is 30.7 Å². The predicted molar refractivity (Wildman–Crippen MR) is 133 cm³/mol. The Balaban J connectivity index is 1.96. The number of amidine groups is 2. The van der Waals surface area contributed by atoms with Gasteiger partial charge in [0.1, 0.15) is 28.4 Å². The standard InChI is InChI=1S/C24H23ClN6S/c1-5-19-23(27)31(15(3)26)24-21(22(29-19)16-6-8-17(25)9-7-16)14(2)20(32-24)11-10-18-12-28-13-30(18)4/h6-9,12-13,19,26-27H,5H2,1-4H3/t19-/m0/s1. The fourth-order valence-electron chi connectivity index (χ4n) is 3.64. The fraction of sp³-hybridized carbons (Fsp3) is 0.250. The van der Waals surface area contributed by atoms with Gasteiger partial charge in [0.15, 0.2) is 0 Å². The van der Waals surface area contributed by atoms with Crippen molar-refractivity contribution in [2.45, 2.75) is 33.2 Å². The number of thiophene rings is 1. The van der Waals surface area contributed by atoms with Gasteiger partial charge in [-0.3, -0.25) is 20.7 Å². The van der Waals surface area contributed by atoms with Crippen LogP contribution in [0.25, 0.3) is 0 Å². The lowest BCUT2D eigenvalue weighted by Gasteiger charge is -2.24. The molecule has 1 aliphatic heterocycles. The molecule has 1 atom stereocenters. The van der Waals surface area contributed by atoms with Gasteiger partial charge in [0, 0.05) is 23.2 Å². The summed E-state index contributed by atoms with van der Waals surface area (Å²) in [7, 11) is 1.91. The third kappa shape index (κ3) is 3.88. The molecule has 3 aromatic rings. The van der Waals surface area contributed by atoms with E-state index < -0.39 is 0 Å². The van der Waals surface area contributed by atoms with Crippen LogP contribution in [-0.2, 0) is 7.05 Å². The minimum absolute atomic E-state index is 0.287. The second-order valence-electron chi connectivity index (χ2n) is 7.59. The van der Waals surface area contributed by atoms with Gasteiger partial charge in [0.05, 0.1) is 23.1 Å². The number of hydrogen-bond donors (Lipinski definition) is 2. The van der Waals surface area contributed by atoms with E-state index in [1.54, 1.807) is 24.3 Å². The molecule has 3 heterocycles. The summed E-state index contributed by atoms with van der Waals surface area (Å²) in [5, 5.41) is 18.7. The number of fused-ring (bicyclic) bond motifs is 1. The smallest absolute Gasteiger partial charge is 0.132 e. The quantitative estimate of drug-likeness (QED) is 0.309. The van der Waals surface area contributed by atoms with E-state index in [1.807, 2.05) is 49.7 Å². The zero-order valence-corrected chi connectivity index (χ0v) is 19.9. The van der Waals surface area contributed by atoms with E-state index in [-0.39, 0.29) is 11.9 Å². The highest BCUT2D eigenvalue weighted by atomic mass is 35.5. The third-order valence-electron chi connectivity index (χ3n) is 5.37. The maximum absolute atomic E-state index is 8.83. The van der Waals surface area contributed by atoms with Crippen LogP contribution in [0.3, 0.4) is 0 Å². The normalized spacial score (nSPS) is 15.5. The first-order valence-corrected chi connectivity index (χ1v) is 11.4. The summed E-state index contributed by atoms with van der Waals surface area (Å²) < 4.78 is 1.87. The summed E-state index contributed by atoms with van der Waals surface area (Å²) in [6.07, 6.45) is 4.12. The van der Waals surface area contributed by atoms with Crippen molar-refractivity contribution < 1.29 is 0 Å². The second-order valence-corrected chi connectivity index (χ2v) is 9.03. The number of hydrogen-bond acceptors (Lipinski definition) is 5. The van der Waals surface area contributed by atoms with Gasteiger partial charge >= 0.3 is 0 Å². The highest BCUT2D eigenvalue weighted by molar-refractivity contribution is 7.17. The number of nitrogens with zero attached hydrogens (tertiary/aromatic N) is 4. The summed E-state index contributed by atoms with van der Waals surface area (Å²) in [6.45, 7) is 5.74. The molecule has 0 unspecified atom stereocenters. The van der Waals surface area contributed by atoms with E-state index in [9.17, 15) is 0 Å². The van der Waals surface area contributed by atoms with Gasteiger partial charge in [0.25, 0.3) is 0 Å². The van der Waals surface area contributed by atoms with E-state index in [1.165, 1.54) is 11.3 Å². The predicted octanol–water partition coefficient (Wildman–Crippen LogP) is 5.25. The molecule has 0 radical (unpaired) electrons. The van der Waals surface area contributed by atoms with Gasteiger partial charge in [-0.25, -0.2) is 4.98 Å². The van der Waals surface area contributed by atoms with E-state index >= 15 is 0 Å². The van der Waals surface area contributed by atoms with Crippen molar-refractivity contribution >= 4 is 45.3 Å².